The summed E-state index contributed by atoms with van der Waals surface area (Å²) in [6, 6.07) is 0. The van der Waals surface area contributed by atoms with Gasteiger partial charge < -0.3 is 4.90 Å². The highest BCUT2D eigenvalue weighted by atomic mass is 16.1. The number of likely N-dealkylation sites (N-methyl/N-ethyl adjacent to an activating group) is 1. The monoisotopic (exact) mass is 97.1 g/mol. The fourth-order valence-electron chi connectivity index (χ4n) is 0.562. The van der Waals surface area contributed by atoms with Gasteiger partial charge >= 0.3 is 0 Å². The Morgan fingerprint density at radius 3 is 2.71 bits per heavy atom. The van der Waals surface area contributed by atoms with Gasteiger partial charge in [0, 0.05) is 13.2 Å². The summed E-state index contributed by atoms with van der Waals surface area (Å²) in [4.78, 5) is 12.2. The maximum atomic E-state index is 10.3. The van der Waals surface area contributed by atoms with Gasteiger partial charge in [-0.1, -0.05) is 0 Å². The Kier molecular flexibility index (Phi) is 0.855. The molecule has 0 atom stereocenters. The molecule has 0 amide bonds. The molecule has 0 bridgehead atoms. The van der Waals surface area contributed by atoms with Crippen LogP contribution in [0.5, 0.6) is 0 Å². The van der Waals surface area contributed by atoms with E-state index < -0.39 is 0 Å². The van der Waals surface area contributed by atoms with E-state index in [1.165, 1.54) is 0 Å². The summed E-state index contributed by atoms with van der Waals surface area (Å²) in [6.07, 6.45) is 3.36. The lowest BCUT2D eigenvalue weighted by Crippen LogP contribution is -2.11. The molecule has 7 heavy (non-hydrogen) atoms. The highest BCUT2D eigenvalue weighted by molar-refractivity contribution is 5.93. The van der Waals surface area contributed by atoms with Gasteiger partial charge in [-0.05, 0) is 6.08 Å². The second-order valence-electron chi connectivity index (χ2n) is 1.70. The Morgan fingerprint density at radius 1 is 1.86 bits per heavy atom. The van der Waals surface area contributed by atoms with Gasteiger partial charge in [0.25, 0.3) is 0 Å². The average molecular weight is 97.1 g/mol. The van der Waals surface area contributed by atoms with Crippen LogP contribution in [-0.4, -0.2) is 24.3 Å². The maximum Gasteiger partial charge on any atom is 0.176 e. The van der Waals surface area contributed by atoms with E-state index in [1.54, 1.807) is 12.3 Å². The van der Waals surface area contributed by atoms with Gasteiger partial charge in [-0.15, -0.1) is 0 Å². The highest BCUT2D eigenvalue weighted by Crippen LogP contribution is 1.94. The van der Waals surface area contributed by atoms with Crippen molar-refractivity contribution in [1.82, 2.24) is 4.90 Å². The van der Waals surface area contributed by atoms with Gasteiger partial charge in [-0.25, -0.2) is 0 Å². The molecule has 2 nitrogen and oxygen atoms in total. The number of hydrogen-bond acceptors (Lipinski definition) is 2. The highest BCUT2D eigenvalue weighted by Gasteiger charge is 2.04. The first-order chi connectivity index (χ1) is 3.29. The molecule has 2 heteroatoms. The molecule has 1 rings (SSSR count). The molecule has 0 fully saturated rings. The molecule has 0 aromatic carbocycles. The molecule has 0 saturated heterocycles. The first kappa shape index (κ1) is 4.37. The third-order valence-corrected chi connectivity index (χ3v) is 0.920. The van der Waals surface area contributed by atoms with E-state index in [4.69, 9.17) is 0 Å². The van der Waals surface area contributed by atoms with Crippen molar-refractivity contribution < 1.29 is 4.79 Å². The summed E-state index contributed by atoms with van der Waals surface area (Å²) in [6.45, 7) is 0.556. The summed E-state index contributed by atoms with van der Waals surface area (Å²) in [5.41, 5.74) is 0. The minimum atomic E-state index is 0.197. The van der Waals surface area contributed by atoms with Crippen molar-refractivity contribution in [3.05, 3.63) is 12.3 Å². The lowest BCUT2D eigenvalue weighted by atomic mass is 10.4. The third kappa shape index (κ3) is 0.796. The molecular formula is C5H7NO. The van der Waals surface area contributed by atoms with Gasteiger partial charge in [0.1, 0.15) is 0 Å². The van der Waals surface area contributed by atoms with Crippen molar-refractivity contribution in [2.45, 2.75) is 0 Å². The maximum absolute atomic E-state index is 10.3. The van der Waals surface area contributed by atoms with Gasteiger partial charge in [-0.2, -0.15) is 0 Å². The van der Waals surface area contributed by atoms with Gasteiger partial charge in [0.15, 0.2) is 5.78 Å². The molecule has 1 heterocycles. The van der Waals surface area contributed by atoms with Crippen LogP contribution in [0.4, 0.5) is 0 Å². The van der Waals surface area contributed by atoms with E-state index >= 15 is 0 Å². The largest absolute Gasteiger partial charge is 0.373 e. The first-order valence-corrected chi connectivity index (χ1v) is 2.20. The van der Waals surface area contributed by atoms with Crippen LogP contribution in [0.25, 0.3) is 0 Å². The van der Waals surface area contributed by atoms with E-state index in [0.717, 1.165) is 0 Å². The quantitative estimate of drug-likeness (QED) is 0.424. The fourth-order valence-corrected chi connectivity index (χ4v) is 0.562. The van der Waals surface area contributed by atoms with Gasteiger partial charge in [0.05, 0.1) is 6.54 Å². The molecule has 0 aromatic heterocycles. The summed E-state index contributed by atoms with van der Waals surface area (Å²) in [7, 11) is 1.88. The zero-order valence-corrected chi connectivity index (χ0v) is 4.22. The van der Waals surface area contributed by atoms with E-state index in [9.17, 15) is 4.79 Å². The van der Waals surface area contributed by atoms with Crippen LogP contribution >= 0.6 is 0 Å². The minimum Gasteiger partial charge on any atom is -0.373 e. The number of ketones is 1. The summed E-state index contributed by atoms with van der Waals surface area (Å²) < 4.78 is 0. The summed E-state index contributed by atoms with van der Waals surface area (Å²) in [5, 5.41) is 0. The zero-order chi connectivity index (χ0) is 5.28. The fraction of sp³-hybridized carbons (Fsp3) is 0.400. The predicted octanol–water partition coefficient (Wildman–Crippen LogP) is 0.0146. The van der Waals surface area contributed by atoms with Crippen LogP contribution in [0.3, 0.4) is 0 Å². The molecule has 0 spiro atoms. The number of hydrogen-bond donors (Lipinski definition) is 0. The van der Waals surface area contributed by atoms with Crippen molar-refractivity contribution in [3.8, 4) is 0 Å². The van der Waals surface area contributed by atoms with Crippen LogP contribution in [0.15, 0.2) is 12.3 Å². The van der Waals surface area contributed by atoms with Crippen LogP contribution < -0.4 is 0 Å². The average Bonchev–Trinajstić information content (AvgIpc) is 1.87. The third-order valence-electron chi connectivity index (χ3n) is 0.920. The molecule has 0 N–H and O–H groups in total. The van der Waals surface area contributed by atoms with E-state index in [1.807, 2.05) is 11.9 Å². The van der Waals surface area contributed by atoms with E-state index in [0.29, 0.717) is 6.54 Å². The predicted molar refractivity (Wildman–Crippen MR) is 26.8 cm³/mol. The molecule has 0 saturated carbocycles. The van der Waals surface area contributed by atoms with Gasteiger partial charge in [0.2, 0.25) is 0 Å². The SMILES string of the molecule is CN1C=CC(=O)C1. The van der Waals surface area contributed by atoms with Crippen LogP contribution in [-0.2, 0) is 4.79 Å². The Hall–Kier alpha value is -0.790. The Labute approximate surface area is 42.4 Å². The lowest BCUT2D eigenvalue weighted by molar-refractivity contribution is -0.114. The second kappa shape index (κ2) is 1.37. The smallest absolute Gasteiger partial charge is 0.176 e. The first-order valence-electron chi connectivity index (χ1n) is 2.20. The number of carbonyl (C=O) groups excluding carboxylic acids is 1. The van der Waals surface area contributed by atoms with Crippen LogP contribution in [0.2, 0.25) is 0 Å². The normalized spacial score (nSPS) is 19.0. The van der Waals surface area contributed by atoms with Crippen molar-refractivity contribution in [1.29, 1.82) is 0 Å². The molecule has 38 valence electrons. The van der Waals surface area contributed by atoms with E-state index in [-0.39, 0.29) is 5.78 Å². The van der Waals surface area contributed by atoms with Crippen LogP contribution in [0.1, 0.15) is 0 Å². The number of carbonyl (C=O) groups is 1. The number of rotatable bonds is 0. The molecule has 0 unspecified atom stereocenters. The Balaban J connectivity index is 2.58. The minimum absolute atomic E-state index is 0.197. The molecule has 0 aliphatic carbocycles. The van der Waals surface area contributed by atoms with Crippen LogP contribution in [0, 0.1) is 0 Å². The standard InChI is InChI=1S/C5H7NO/c1-6-3-2-5(7)4-6/h2-3H,4H2,1H3. The van der Waals surface area contributed by atoms with Gasteiger partial charge in [-0.3, -0.25) is 4.79 Å². The van der Waals surface area contributed by atoms with Crippen molar-refractivity contribution in [3.63, 3.8) is 0 Å². The Morgan fingerprint density at radius 2 is 2.57 bits per heavy atom. The lowest BCUT2D eigenvalue weighted by Gasteiger charge is -2.01. The summed E-state index contributed by atoms with van der Waals surface area (Å²) >= 11 is 0. The molecule has 0 radical (unpaired) electrons. The van der Waals surface area contributed by atoms with Crippen molar-refractivity contribution in [2.24, 2.45) is 0 Å². The topological polar surface area (TPSA) is 20.3 Å². The molecule has 1 aliphatic rings. The molecular weight excluding hydrogens is 90.1 g/mol. The zero-order valence-electron chi connectivity index (χ0n) is 4.22. The molecule has 1 aliphatic heterocycles. The Bertz CT molecular complexity index is 117. The van der Waals surface area contributed by atoms with Crippen molar-refractivity contribution >= 4 is 5.78 Å². The van der Waals surface area contributed by atoms with E-state index in [2.05, 4.69) is 0 Å². The number of nitrogens with zero attached hydrogens (tertiary/aromatic N) is 1. The summed E-state index contributed by atoms with van der Waals surface area (Å²) in [5.74, 6) is 0.197. The van der Waals surface area contributed by atoms with Crippen molar-refractivity contribution in [2.75, 3.05) is 13.6 Å². The second-order valence-corrected chi connectivity index (χ2v) is 1.70. The molecule has 0 aromatic rings.